The molecule has 2 heteroatoms. The molecule has 0 radical (unpaired) electrons. The Kier molecular flexibility index (Phi) is 4.72. The minimum atomic E-state index is -0.207. The van der Waals surface area contributed by atoms with Crippen LogP contribution in [0.3, 0.4) is 0 Å². The molecule has 1 aromatic rings. The summed E-state index contributed by atoms with van der Waals surface area (Å²) in [4.78, 5) is 0. The van der Waals surface area contributed by atoms with E-state index in [1.54, 1.807) is 0 Å². The molecule has 0 heterocycles. The topological polar surface area (TPSA) is 12.0 Å². The Morgan fingerprint density at radius 3 is 2.41 bits per heavy atom. The molecule has 1 nitrogen and oxygen atoms in total. The molecule has 1 atom stereocenters. The molecule has 1 rings (SSSR count). The summed E-state index contributed by atoms with van der Waals surface area (Å²) in [5, 5.41) is 3.40. The van der Waals surface area contributed by atoms with Gasteiger partial charge in [0.05, 0.1) is 0 Å². The number of rotatable bonds is 5. The first-order valence-electron chi connectivity index (χ1n) is 5.95. The summed E-state index contributed by atoms with van der Waals surface area (Å²) in [5.41, 5.74) is 0.982. The van der Waals surface area contributed by atoms with E-state index in [0.717, 1.165) is 12.1 Å². The third-order valence-electron chi connectivity index (χ3n) is 3.23. The lowest BCUT2D eigenvalue weighted by Gasteiger charge is -2.34. The smallest absolute Gasteiger partial charge is 0.123 e. The summed E-state index contributed by atoms with van der Waals surface area (Å²) in [5.74, 6) is 2.50. The lowest BCUT2D eigenvalue weighted by Crippen LogP contribution is -2.44. The van der Waals surface area contributed by atoms with Crippen molar-refractivity contribution in [1.29, 1.82) is 0 Å². The van der Waals surface area contributed by atoms with Crippen molar-refractivity contribution in [2.45, 2.75) is 38.6 Å². The van der Waals surface area contributed by atoms with Gasteiger partial charge in [0.15, 0.2) is 0 Å². The van der Waals surface area contributed by atoms with Crippen LogP contribution in [0, 0.1) is 18.2 Å². The van der Waals surface area contributed by atoms with Gasteiger partial charge in [-0.1, -0.05) is 32.9 Å². The Morgan fingerprint density at radius 1 is 1.35 bits per heavy atom. The van der Waals surface area contributed by atoms with Gasteiger partial charge < -0.3 is 5.32 Å². The first-order chi connectivity index (χ1) is 8.02. The molecule has 0 aliphatic heterocycles. The highest BCUT2D eigenvalue weighted by molar-refractivity contribution is 5.27. The Hall–Kier alpha value is -1.33. The normalized spacial score (nSPS) is 13.1. The van der Waals surface area contributed by atoms with Crippen LogP contribution in [-0.2, 0) is 5.41 Å². The molecule has 0 fully saturated rings. The molecule has 92 valence electrons. The number of hydrogen-bond acceptors (Lipinski definition) is 1. The number of benzene rings is 1. The van der Waals surface area contributed by atoms with Crippen LogP contribution >= 0.6 is 0 Å². The molecule has 0 spiro atoms. The van der Waals surface area contributed by atoms with Crippen molar-refractivity contribution >= 4 is 0 Å². The van der Waals surface area contributed by atoms with E-state index in [0.29, 0.717) is 6.42 Å². The van der Waals surface area contributed by atoms with E-state index in [-0.39, 0.29) is 17.3 Å². The average Bonchev–Trinajstić information content (AvgIpc) is 2.29. The molecule has 17 heavy (non-hydrogen) atoms. The summed E-state index contributed by atoms with van der Waals surface area (Å²) < 4.78 is 12.9. The van der Waals surface area contributed by atoms with E-state index in [1.807, 2.05) is 12.1 Å². The minimum Gasteiger partial charge on any atom is -0.312 e. The van der Waals surface area contributed by atoms with Gasteiger partial charge in [-0.3, -0.25) is 0 Å². The molecule has 0 aliphatic carbocycles. The van der Waals surface area contributed by atoms with Gasteiger partial charge in [-0.2, -0.15) is 0 Å². The number of halogens is 1. The molecule has 0 bridgehead atoms. The summed E-state index contributed by atoms with van der Waals surface area (Å²) in [7, 11) is 0. The third-order valence-corrected chi connectivity index (χ3v) is 3.23. The molecular weight excluding hydrogens is 213 g/mol. The average molecular weight is 233 g/mol. The third kappa shape index (κ3) is 3.31. The van der Waals surface area contributed by atoms with Gasteiger partial charge in [0.25, 0.3) is 0 Å². The van der Waals surface area contributed by atoms with E-state index in [4.69, 9.17) is 6.42 Å². The predicted molar refractivity (Wildman–Crippen MR) is 70.3 cm³/mol. The molecule has 0 aromatic heterocycles. The minimum absolute atomic E-state index is 0.115. The second kappa shape index (κ2) is 5.84. The maximum absolute atomic E-state index is 12.9. The van der Waals surface area contributed by atoms with Crippen molar-refractivity contribution in [1.82, 2.24) is 5.32 Å². The lowest BCUT2D eigenvalue weighted by atomic mass is 9.76. The predicted octanol–water partition coefficient (Wildman–Crippen LogP) is 3.10. The highest BCUT2D eigenvalue weighted by Crippen LogP contribution is 2.28. The van der Waals surface area contributed by atoms with E-state index >= 15 is 0 Å². The summed E-state index contributed by atoms with van der Waals surface area (Å²) >= 11 is 0. The van der Waals surface area contributed by atoms with Gasteiger partial charge in [-0.15, -0.1) is 12.3 Å². The zero-order valence-corrected chi connectivity index (χ0v) is 10.8. The fourth-order valence-electron chi connectivity index (χ4n) is 2.03. The fraction of sp³-hybridized carbons (Fsp3) is 0.467. The summed E-state index contributed by atoms with van der Waals surface area (Å²) in [6.07, 6.45) is 6.07. The van der Waals surface area contributed by atoms with Crippen molar-refractivity contribution in [3.05, 3.63) is 35.6 Å². The van der Waals surface area contributed by atoms with Crippen LogP contribution in [0.15, 0.2) is 24.3 Å². The van der Waals surface area contributed by atoms with Crippen molar-refractivity contribution in [3.8, 4) is 12.3 Å². The van der Waals surface area contributed by atoms with Gasteiger partial charge in [-0.05, 0) is 24.2 Å². The highest BCUT2D eigenvalue weighted by atomic mass is 19.1. The van der Waals surface area contributed by atoms with Crippen molar-refractivity contribution in [2.75, 3.05) is 6.54 Å². The molecule has 1 unspecified atom stereocenters. The number of hydrogen-bond donors (Lipinski definition) is 1. The molecule has 1 N–H and O–H groups in total. The zero-order valence-electron chi connectivity index (χ0n) is 10.8. The van der Waals surface area contributed by atoms with Crippen LogP contribution in [0.2, 0.25) is 0 Å². The number of nitrogens with one attached hydrogen (secondary N) is 1. The lowest BCUT2D eigenvalue weighted by molar-refractivity contribution is 0.350. The van der Waals surface area contributed by atoms with E-state index in [2.05, 4.69) is 32.0 Å². The Balaban J connectivity index is 2.98. The van der Waals surface area contributed by atoms with Gasteiger partial charge in [0.1, 0.15) is 5.82 Å². The van der Waals surface area contributed by atoms with Crippen LogP contribution in [0.5, 0.6) is 0 Å². The van der Waals surface area contributed by atoms with Crippen molar-refractivity contribution in [2.24, 2.45) is 0 Å². The summed E-state index contributed by atoms with van der Waals surface area (Å²) in [6.45, 7) is 7.19. The van der Waals surface area contributed by atoms with Crippen molar-refractivity contribution in [3.63, 3.8) is 0 Å². The van der Waals surface area contributed by atoms with Crippen LogP contribution in [0.4, 0.5) is 4.39 Å². The Morgan fingerprint density at radius 2 is 1.94 bits per heavy atom. The monoisotopic (exact) mass is 233 g/mol. The first kappa shape index (κ1) is 13.7. The summed E-state index contributed by atoms with van der Waals surface area (Å²) in [6, 6.07) is 6.85. The Bertz CT molecular complexity index is 386. The maximum atomic E-state index is 12.9. The van der Waals surface area contributed by atoms with Crippen LogP contribution in [0.25, 0.3) is 0 Å². The van der Waals surface area contributed by atoms with E-state index < -0.39 is 0 Å². The zero-order chi connectivity index (χ0) is 12.9. The second-order valence-corrected chi connectivity index (χ2v) is 4.75. The quantitative estimate of drug-likeness (QED) is 0.771. The van der Waals surface area contributed by atoms with Crippen LogP contribution in [0.1, 0.15) is 32.8 Å². The molecular formula is C15H20FN. The SMILES string of the molecule is C#CCC(NCC)C(C)(C)c1ccc(F)cc1. The maximum Gasteiger partial charge on any atom is 0.123 e. The first-order valence-corrected chi connectivity index (χ1v) is 5.95. The second-order valence-electron chi connectivity index (χ2n) is 4.75. The fourth-order valence-corrected chi connectivity index (χ4v) is 2.03. The largest absolute Gasteiger partial charge is 0.312 e. The van der Waals surface area contributed by atoms with Crippen LogP contribution in [-0.4, -0.2) is 12.6 Å². The Labute approximate surface area is 103 Å². The molecule has 0 saturated heterocycles. The van der Waals surface area contributed by atoms with Gasteiger partial charge >= 0.3 is 0 Å². The van der Waals surface area contributed by atoms with Gasteiger partial charge in [0, 0.05) is 17.9 Å². The molecule has 0 saturated carbocycles. The van der Waals surface area contributed by atoms with Crippen LogP contribution < -0.4 is 5.32 Å². The standard InChI is InChI=1S/C15H20FN/c1-5-7-14(17-6-2)15(3,4)12-8-10-13(16)11-9-12/h1,8-11,14,17H,6-7H2,2-4H3. The van der Waals surface area contributed by atoms with Gasteiger partial charge in [0.2, 0.25) is 0 Å². The number of likely N-dealkylation sites (N-methyl/N-ethyl adjacent to an activating group) is 1. The van der Waals surface area contributed by atoms with E-state index in [1.165, 1.54) is 12.1 Å². The molecule has 0 aliphatic rings. The van der Waals surface area contributed by atoms with E-state index in [9.17, 15) is 4.39 Å². The highest BCUT2D eigenvalue weighted by Gasteiger charge is 2.29. The van der Waals surface area contributed by atoms with Gasteiger partial charge in [-0.25, -0.2) is 4.39 Å². The number of terminal acetylenes is 1. The van der Waals surface area contributed by atoms with Crippen molar-refractivity contribution < 1.29 is 4.39 Å². The molecule has 1 aromatic carbocycles. The molecule has 0 amide bonds.